The van der Waals surface area contributed by atoms with E-state index in [2.05, 4.69) is 0 Å². The molecule has 1 saturated heterocycles. The van der Waals surface area contributed by atoms with Crippen LogP contribution in [0.15, 0.2) is 18.2 Å². The van der Waals surface area contributed by atoms with Crippen LogP contribution in [0, 0.1) is 5.82 Å². The van der Waals surface area contributed by atoms with Crippen molar-refractivity contribution >= 4 is 11.9 Å². The van der Waals surface area contributed by atoms with Crippen molar-refractivity contribution in [2.75, 3.05) is 19.7 Å². The summed E-state index contributed by atoms with van der Waals surface area (Å²) in [6.45, 7) is 3.00. The number of likely N-dealkylation sites (tertiary alicyclic amines) is 1. The molecule has 1 aromatic rings. The third kappa shape index (κ3) is 2.65. The number of Topliss-reactive ketones (excluding diaryl/α,β-unsaturated/α-hetero) is 1. The summed E-state index contributed by atoms with van der Waals surface area (Å²) in [4.78, 5) is 25.5. The lowest BCUT2D eigenvalue weighted by molar-refractivity contribution is -0.0736. The number of benzene rings is 1. The number of carbonyl (C=O) groups is 2. The first-order valence-corrected chi connectivity index (χ1v) is 7.46. The van der Waals surface area contributed by atoms with Crippen molar-refractivity contribution in [2.45, 2.75) is 31.8 Å². The highest BCUT2D eigenvalue weighted by Gasteiger charge is 2.52. The number of halogens is 1. The van der Waals surface area contributed by atoms with Crippen molar-refractivity contribution in [1.82, 2.24) is 4.90 Å². The molecular weight excluding hydrogens is 289 g/mol. The van der Waals surface area contributed by atoms with Crippen LogP contribution in [0.5, 0.6) is 5.75 Å². The van der Waals surface area contributed by atoms with E-state index in [1.54, 1.807) is 0 Å². The fourth-order valence-corrected chi connectivity index (χ4v) is 2.82. The van der Waals surface area contributed by atoms with Gasteiger partial charge in [-0.1, -0.05) is 13.3 Å². The van der Waals surface area contributed by atoms with E-state index < -0.39 is 11.4 Å². The Kier molecular flexibility index (Phi) is 3.76. The third-order valence-electron chi connectivity index (χ3n) is 3.99. The van der Waals surface area contributed by atoms with E-state index in [1.165, 1.54) is 23.1 Å². The molecule has 2 aliphatic heterocycles. The van der Waals surface area contributed by atoms with E-state index in [9.17, 15) is 14.0 Å². The largest absolute Gasteiger partial charge is 0.482 e. The Bertz CT molecular complexity index is 610. The van der Waals surface area contributed by atoms with Gasteiger partial charge in [0.1, 0.15) is 11.6 Å². The summed E-state index contributed by atoms with van der Waals surface area (Å²) in [5, 5.41) is 0. The number of unbranched alkanes of at least 4 members (excludes halogenated alkanes) is 1. The lowest BCUT2D eigenvalue weighted by Gasteiger charge is -2.50. The minimum Gasteiger partial charge on any atom is -0.482 e. The number of nitrogens with zero attached hydrogens (tertiary/aromatic N) is 1. The van der Waals surface area contributed by atoms with E-state index in [-0.39, 0.29) is 24.0 Å². The Morgan fingerprint density at radius 1 is 1.45 bits per heavy atom. The number of ketones is 1. The van der Waals surface area contributed by atoms with Crippen molar-refractivity contribution in [3.8, 4) is 5.75 Å². The molecule has 1 aromatic carbocycles. The predicted molar refractivity (Wildman–Crippen MR) is 76.5 cm³/mol. The molecule has 0 aliphatic carbocycles. The molecule has 1 spiro atoms. The highest BCUT2D eigenvalue weighted by molar-refractivity contribution is 6.00. The van der Waals surface area contributed by atoms with E-state index in [0.29, 0.717) is 25.3 Å². The van der Waals surface area contributed by atoms with Crippen LogP contribution < -0.4 is 4.74 Å². The van der Waals surface area contributed by atoms with E-state index in [4.69, 9.17) is 9.47 Å². The van der Waals surface area contributed by atoms with E-state index in [0.717, 1.165) is 12.8 Å². The molecule has 3 rings (SSSR count). The quantitative estimate of drug-likeness (QED) is 0.806. The van der Waals surface area contributed by atoms with Gasteiger partial charge in [0.25, 0.3) is 0 Å². The zero-order valence-electron chi connectivity index (χ0n) is 12.4. The number of hydrogen-bond acceptors (Lipinski definition) is 4. The summed E-state index contributed by atoms with van der Waals surface area (Å²) < 4.78 is 24.2. The van der Waals surface area contributed by atoms with Crippen LogP contribution in [0.1, 0.15) is 36.5 Å². The Labute approximate surface area is 128 Å². The molecule has 0 saturated carbocycles. The Hall–Kier alpha value is -2.11. The van der Waals surface area contributed by atoms with Crippen molar-refractivity contribution in [2.24, 2.45) is 0 Å². The average Bonchev–Trinajstić information content (AvgIpc) is 2.44. The van der Waals surface area contributed by atoms with Crippen LogP contribution in [0.3, 0.4) is 0 Å². The standard InChI is InChI=1S/C16H18FNO4/c1-2-3-6-21-15(20)18-9-16(10-18)8-13(19)12-5-4-11(17)7-14(12)22-16/h4-5,7H,2-3,6,8-10H2,1H3. The van der Waals surface area contributed by atoms with E-state index >= 15 is 0 Å². The van der Waals surface area contributed by atoms with Gasteiger partial charge in [0.05, 0.1) is 31.7 Å². The van der Waals surface area contributed by atoms with Crippen LogP contribution in [0.4, 0.5) is 9.18 Å². The van der Waals surface area contributed by atoms with Crippen LogP contribution in [0.2, 0.25) is 0 Å². The molecule has 0 bridgehead atoms. The summed E-state index contributed by atoms with van der Waals surface area (Å²) in [7, 11) is 0. The first-order valence-electron chi connectivity index (χ1n) is 7.46. The SMILES string of the molecule is CCCCOC(=O)N1CC2(CC(=O)c3ccc(F)cc3O2)C1. The zero-order chi connectivity index (χ0) is 15.7. The van der Waals surface area contributed by atoms with E-state index in [1.807, 2.05) is 6.92 Å². The molecule has 0 N–H and O–H groups in total. The molecule has 22 heavy (non-hydrogen) atoms. The summed E-state index contributed by atoms with van der Waals surface area (Å²) in [5.41, 5.74) is -0.335. The Balaban J connectivity index is 1.64. The molecule has 6 heteroatoms. The average molecular weight is 307 g/mol. The maximum absolute atomic E-state index is 13.3. The number of rotatable bonds is 3. The Morgan fingerprint density at radius 2 is 2.23 bits per heavy atom. The topological polar surface area (TPSA) is 55.8 Å². The molecule has 0 aromatic heterocycles. The van der Waals surface area contributed by atoms with Crippen molar-refractivity contribution in [1.29, 1.82) is 0 Å². The second kappa shape index (κ2) is 5.59. The molecule has 118 valence electrons. The van der Waals surface area contributed by atoms with Gasteiger partial charge in [0.2, 0.25) is 0 Å². The van der Waals surface area contributed by atoms with Gasteiger partial charge in [-0.2, -0.15) is 0 Å². The number of amides is 1. The van der Waals surface area contributed by atoms with Gasteiger partial charge < -0.3 is 14.4 Å². The first kappa shape index (κ1) is 14.8. The highest BCUT2D eigenvalue weighted by Crippen LogP contribution is 2.39. The normalized spacial score (nSPS) is 18.5. The molecule has 1 fully saturated rings. The third-order valence-corrected chi connectivity index (χ3v) is 3.99. The second-order valence-corrected chi connectivity index (χ2v) is 5.85. The summed E-state index contributed by atoms with van der Waals surface area (Å²) in [5.74, 6) is -0.269. The molecular formula is C16H18FNO4. The van der Waals surface area contributed by atoms with Crippen LogP contribution in [0.25, 0.3) is 0 Å². The fourth-order valence-electron chi connectivity index (χ4n) is 2.82. The van der Waals surface area contributed by atoms with Crippen LogP contribution >= 0.6 is 0 Å². The van der Waals surface area contributed by atoms with Crippen molar-refractivity contribution in [3.05, 3.63) is 29.6 Å². The van der Waals surface area contributed by atoms with Crippen LogP contribution in [-0.4, -0.2) is 42.1 Å². The monoisotopic (exact) mass is 307 g/mol. The second-order valence-electron chi connectivity index (χ2n) is 5.85. The van der Waals surface area contributed by atoms with Gasteiger partial charge in [0.15, 0.2) is 11.4 Å². The van der Waals surface area contributed by atoms with Gasteiger partial charge in [-0.15, -0.1) is 0 Å². The first-order chi connectivity index (χ1) is 10.5. The number of ether oxygens (including phenoxy) is 2. The maximum atomic E-state index is 13.3. The maximum Gasteiger partial charge on any atom is 0.410 e. The lowest BCUT2D eigenvalue weighted by atomic mass is 9.84. The van der Waals surface area contributed by atoms with Gasteiger partial charge in [-0.25, -0.2) is 9.18 Å². The molecule has 2 heterocycles. The molecule has 1 amide bonds. The van der Waals surface area contributed by atoms with Gasteiger partial charge in [0, 0.05) is 6.07 Å². The van der Waals surface area contributed by atoms with Crippen LogP contribution in [-0.2, 0) is 4.74 Å². The van der Waals surface area contributed by atoms with Crippen molar-refractivity contribution in [3.63, 3.8) is 0 Å². The summed E-state index contributed by atoms with van der Waals surface area (Å²) in [6, 6.07) is 3.90. The zero-order valence-corrected chi connectivity index (χ0v) is 12.4. The highest BCUT2D eigenvalue weighted by atomic mass is 19.1. The van der Waals surface area contributed by atoms with Crippen molar-refractivity contribution < 1.29 is 23.5 Å². The molecule has 0 unspecified atom stereocenters. The minimum atomic E-state index is -0.734. The molecule has 0 atom stereocenters. The smallest absolute Gasteiger partial charge is 0.410 e. The molecule has 2 aliphatic rings. The minimum absolute atomic E-state index is 0.0831. The van der Waals surface area contributed by atoms with Gasteiger partial charge >= 0.3 is 6.09 Å². The predicted octanol–water partition coefficient (Wildman–Crippen LogP) is 2.78. The lowest BCUT2D eigenvalue weighted by Crippen LogP contribution is -2.68. The van der Waals surface area contributed by atoms with Gasteiger partial charge in [-0.3, -0.25) is 4.79 Å². The Morgan fingerprint density at radius 3 is 2.95 bits per heavy atom. The number of carbonyl (C=O) groups excluding carboxylic acids is 2. The van der Waals surface area contributed by atoms with Gasteiger partial charge in [-0.05, 0) is 18.6 Å². The number of hydrogen-bond donors (Lipinski definition) is 0. The summed E-state index contributed by atoms with van der Waals surface area (Å²) >= 11 is 0. The molecule has 5 nitrogen and oxygen atoms in total. The fraction of sp³-hybridized carbons (Fsp3) is 0.500. The molecule has 0 radical (unpaired) electrons. The number of fused-ring (bicyclic) bond motifs is 1. The summed E-state index contributed by atoms with van der Waals surface area (Å²) in [6.07, 6.45) is 1.59.